The summed E-state index contributed by atoms with van der Waals surface area (Å²) in [5.41, 5.74) is 2.79. The van der Waals surface area contributed by atoms with Gasteiger partial charge in [-0.1, -0.05) is 31.1 Å². The molecule has 1 saturated heterocycles. The molecule has 2 rings (SSSR count). The molecule has 4 heteroatoms. The molecule has 2 aliphatic rings. The van der Waals surface area contributed by atoms with E-state index < -0.39 is 0 Å². The minimum Gasteiger partial charge on any atom is -0.354 e. The highest BCUT2D eigenvalue weighted by Crippen LogP contribution is 2.45. The molecule has 4 nitrogen and oxygen atoms in total. The maximum atomic E-state index is 12.1. The maximum Gasteiger partial charge on any atom is 0.244 e. The van der Waals surface area contributed by atoms with Crippen molar-refractivity contribution in [3.8, 4) is 0 Å². The van der Waals surface area contributed by atoms with Gasteiger partial charge in [0.25, 0.3) is 0 Å². The molecule has 2 N–H and O–H groups in total. The van der Waals surface area contributed by atoms with Gasteiger partial charge in [0.1, 0.15) is 6.04 Å². The SMILES string of the molecule is CC1=CCC[C@@H](C)[C@]1(C)CC/C(C)=C/C(=O)N[C@@H]1CCCNC1=O. The second kappa shape index (κ2) is 8.00. The van der Waals surface area contributed by atoms with E-state index in [1.165, 1.54) is 18.4 Å². The fraction of sp³-hybridized carbons (Fsp3) is 0.700. The lowest BCUT2D eigenvalue weighted by Crippen LogP contribution is -2.49. The molecule has 3 atom stereocenters. The van der Waals surface area contributed by atoms with Crippen LogP contribution in [0.2, 0.25) is 0 Å². The van der Waals surface area contributed by atoms with Crippen molar-refractivity contribution in [1.29, 1.82) is 0 Å². The Kier molecular flexibility index (Phi) is 6.25. The van der Waals surface area contributed by atoms with Crippen molar-refractivity contribution in [3.05, 3.63) is 23.3 Å². The van der Waals surface area contributed by atoms with Crippen LogP contribution in [-0.4, -0.2) is 24.4 Å². The Labute approximate surface area is 146 Å². The zero-order chi connectivity index (χ0) is 17.7. The normalized spacial score (nSPS) is 31.2. The molecular weight excluding hydrogens is 300 g/mol. The summed E-state index contributed by atoms with van der Waals surface area (Å²) in [6.07, 6.45) is 10.1. The van der Waals surface area contributed by atoms with E-state index in [1.54, 1.807) is 6.08 Å². The molecule has 0 radical (unpaired) electrons. The average molecular weight is 332 g/mol. The van der Waals surface area contributed by atoms with E-state index >= 15 is 0 Å². The molecule has 134 valence electrons. The Hall–Kier alpha value is -1.58. The van der Waals surface area contributed by atoms with Crippen LogP contribution in [0.15, 0.2) is 23.3 Å². The third-order valence-corrected chi connectivity index (χ3v) is 6.06. The summed E-state index contributed by atoms with van der Waals surface area (Å²) < 4.78 is 0. The number of piperidine rings is 1. The van der Waals surface area contributed by atoms with Gasteiger partial charge in [-0.25, -0.2) is 0 Å². The largest absolute Gasteiger partial charge is 0.354 e. The molecule has 0 aromatic heterocycles. The van der Waals surface area contributed by atoms with Crippen LogP contribution in [0.1, 0.15) is 66.2 Å². The van der Waals surface area contributed by atoms with E-state index in [1.807, 2.05) is 6.92 Å². The van der Waals surface area contributed by atoms with Crippen LogP contribution >= 0.6 is 0 Å². The quantitative estimate of drug-likeness (QED) is 0.598. The van der Waals surface area contributed by atoms with Crippen LogP contribution in [0.5, 0.6) is 0 Å². The van der Waals surface area contributed by atoms with Crippen LogP contribution in [0, 0.1) is 11.3 Å². The molecule has 24 heavy (non-hydrogen) atoms. The first kappa shape index (κ1) is 18.8. The Morgan fingerprint density at radius 1 is 1.46 bits per heavy atom. The topological polar surface area (TPSA) is 58.2 Å². The van der Waals surface area contributed by atoms with Gasteiger partial charge in [0.2, 0.25) is 11.8 Å². The van der Waals surface area contributed by atoms with E-state index in [-0.39, 0.29) is 23.3 Å². The Morgan fingerprint density at radius 2 is 2.21 bits per heavy atom. The van der Waals surface area contributed by atoms with Crippen molar-refractivity contribution in [2.24, 2.45) is 11.3 Å². The van der Waals surface area contributed by atoms with Crippen LogP contribution in [-0.2, 0) is 9.59 Å². The van der Waals surface area contributed by atoms with E-state index in [2.05, 4.69) is 37.5 Å². The predicted octanol–water partition coefficient (Wildman–Crippen LogP) is 3.49. The number of nitrogens with one attached hydrogen (secondary N) is 2. The Bertz CT molecular complexity index is 550. The Morgan fingerprint density at radius 3 is 2.88 bits per heavy atom. The van der Waals surface area contributed by atoms with E-state index in [0.29, 0.717) is 12.5 Å². The molecule has 0 spiro atoms. The monoisotopic (exact) mass is 332 g/mol. The van der Waals surface area contributed by atoms with Crippen molar-refractivity contribution in [3.63, 3.8) is 0 Å². The summed E-state index contributed by atoms with van der Waals surface area (Å²) in [6.45, 7) is 9.65. The smallest absolute Gasteiger partial charge is 0.244 e. The molecule has 0 unspecified atom stereocenters. The summed E-state index contributed by atoms with van der Waals surface area (Å²) in [5, 5.41) is 5.62. The second-order valence-electron chi connectivity index (χ2n) is 7.77. The molecule has 0 aromatic carbocycles. The number of carbonyl (C=O) groups excluding carboxylic acids is 2. The van der Waals surface area contributed by atoms with Gasteiger partial charge in [0.05, 0.1) is 0 Å². The molecule has 1 aliphatic heterocycles. The third kappa shape index (κ3) is 4.49. The number of carbonyl (C=O) groups is 2. The van der Waals surface area contributed by atoms with Gasteiger partial charge >= 0.3 is 0 Å². The highest BCUT2D eigenvalue weighted by Gasteiger charge is 2.34. The van der Waals surface area contributed by atoms with Gasteiger partial charge in [-0.05, 0) is 63.7 Å². The van der Waals surface area contributed by atoms with E-state index in [0.717, 1.165) is 31.3 Å². The molecule has 1 aliphatic carbocycles. The molecule has 1 heterocycles. The number of amides is 2. The van der Waals surface area contributed by atoms with Crippen LogP contribution in [0.25, 0.3) is 0 Å². The van der Waals surface area contributed by atoms with Gasteiger partial charge in [-0.3, -0.25) is 9.59 Å². The Balaban J connectivity index is 1.89. The van der Waals surface area contributed by atoms with Crippen molar-refractivity contribution < 1.29 is 9.59 Å². The van der Waals surface area contributed by atoms with Crippen molar-refractivity contribution >= 4 is 11.8 Å². The predicted molar refractivity (Wildman–Crippen MR) is 97.4 cm³/mol. The van der Waals surface area contributed by atoms with Crippen molar-refractivity contribution in [2.75, 3.05) is 6.54 Å². The summed E-state index contributed by atoms with van der Waals surface area (Å²) >= 11 is 0. The zero-order valence-corrected chi connectivity index (χ0v) is 15.6. The fourth-order valence-electron chi connectivity index (χ4n) is 3.81. The summed E-state index contributed by atoms with van der Waals surface area (Å²) in [5.74, 6) is 0.462. The first-order chi connectivity index (χ1) is 11.3. The molecule has 2 amide bonds. The van der Waals surface area contributed by atoms with Gasteiger partial charge in [-0.2, -0.15) is 0 Å². The fourth-order valence-corrected chi connectivity index (χ4v) is 3.81. The average Bonchev–Trinajstić information content (AvgIpc) is 2.53. The first-order valence-corrected chi connectivity index (χ1v) is 9.25. The standard InChI is InChI=1S/C20H32N2O2/c1-14(10-11-20(4)15(2)7-5-8-16(20)3)13-18(23)22-17-9-6-12-21-19(17)24/h7,13,16-17H,5-6,8-12H2,1-4H3,(H,21,24)(H,22,23)/b14-13+/t16-,17-,20-/m1/s1. The summed E-state index contributed by atoms with van der Waals surface area (Å²) in [4.78, 5) is 23.9. The molecule has 0 saturated carbocycles. The lowest BCUT2D eigenvalue weighted by atomic mass is 9.65. The van der Waals surface area contributed by atoms with E-state index in [4.69, 9.17) is 0 Å². The highest BCUT2D eigenvalue weighted by atomic mass is 16.2. The number of rotatable bonds is 5. The summed E-state index contributed by atoms with van der Waals surface area (Å²) in [6, 6.07) is -0.378. The number of hydrogen-bond donors (Lipinski definition) is 2. The van der Waals surface area contributed by atoms with Gasteiger partial charge in [0.15, 0.2) is 0 Å². The van der Waals surface area contributed by atoms with Crippen LogP contribution in [0.4, 0.5) is 0 Å². The van der Waals surface area contributed by atoms with Crippen LogP contribution in [0.3, 0.4) is 0 Å². The minimum atomic E-state index is -0.378. The minimum absolute atomic E-state index is 0.0649. The van der Waals surface area contributed by atoms with Gasteiger partial charge < -0.3 is 10.6 Å². The molecular formula is C20H32N2O2. The second-order valence-corrected chi connectivity index (χ2v) is 7.77. The lowest BCUT2D eigenvalue weighted by Gasteiger charge is -2.40. The highest BCUT2D eigenvalue weighted by molar-refractivity contribution is 5.93. The van der Waals surface area contributed by atoms with Crippen molar-refractivity contribution in [1.82, 2.24) is 10.6 Å². The van der Waals surface area contributed by atoms with Gasteiger partial charge in [-0.15, -0.1) is 0 Å². The molecule has 0 aromatic rings. The number of allylic oxidation sites excluding steroid dienone is 3. The third-order valence-electron chi connectivity index (χ3n) is 6.06. The first-order valence-electron chi connectivity index (χ1n) is 9.25. The maximum absolute atomic E-state index is 12.1. The molecule has 1 fully saturated rings. The summed E-state index contributed by atoms with van der Waals surface area (Å²) in [7, 11) is 0. The van der Waals surface area contributed by atoms with Gasteiger partial charge in [0, 0.05) is 12.6 Å². The van der Waals surface area contributed by atoms with Crippen LogP contribution < -0.4 is 10.6 Å². The zero-order valence-electron chi connectivity index (χ0n) is 15.6. The lowest BCUT2D eigenvalue weighted by molar-refractivity contribution is -0.128. The van der Waals surface area contributed by atoms with Crippen molar-refractivity contribution in [2.45, 2.75) is 72.3 Å². The van der Waals surface area contributed by atoms with E-state index in [9.17, 15) is 9.59 Å². The molecule has 0 bridgehead atoms. The number of hydrogen-bond acceptors (Lipinski definition) is 2.